The normalized spacial score (nSPS) is 22.4. The Balaban J connectivity index is 2.53. The predicted molar refractivity (Wildman–Crippen MR) is 74.8 cm³/mol. The van der Waals surface area contributed by atoms with E-state index in [1.54, 1.807) is 6.92 Å². The van der Waals surface area contributed by atoms with E-state index < -0.39 is 18.0 Å². The van der Waals surface area contributed by atoms with E-state index in [1.807, 2.05) is 4.90 Å². The van der Waals surface area contributed by atoms with E-state index in [9.17, 15) is 19.5 Å². The van der Waals surface area contributed by atoms with Gasteiger partial charge in [-0.15, -0.1) is 0 Å². The number of aliphatic carboxylic acids is 1. The predicted octanol–water partition coefficient (Wildman–Crippen LogP) is -0.356. The van der Waals surface area contributed by atoms with Crippen LogP contribution in [0.15, 0.2) is 0 Å². The molecule has 0 saturated carbocycles. The summed E-state index contributed by atoms with van der Waals surface area (Å²) in [5.41, 5.74) is 0. The fourth-order valence-electron chi connectivity index (χ4n) is 2.39. The van der Waals surface area contributed by atoms with Crippen molar-refractivity contribution in [3.8, 4) is 0 Å². The summed E-state index contributed by atoms with van der Waals surface area (Å²) < 4.78 is 4.82. The van der Waals surface area contributed by atoms with Gasteiger partial charge >= 0.3 is 12.1 Å². The van der Waals surface area contributed by atoms with Gasteiger partial charge in [0.2, 0.25) is 5.91 Å². The van der Waals surface area contributed by atoms with Gasteiger partial charge in [-0.3, -0.25) is 14.5 Å². The summed E-state index contributed by atoms with van der Waals surface area (Å²) in [5.74, 6) is -1.54. The van der Waals surface area contributed by atoms with E-state index in [0.29, 0.717) is 32.6 Å². The average Bonchev–Trinajstić information content (AvgIpc) is 2.38. The van der Waals surface area contributed by atoms with Gasteiger partial charge in [-0.25, -0.2) is 4.79 Å². The molecule has 2 atom stereocenters. The van der Waals surface area contributed by atoms with Crippen molar-refractivity contribution < 1.29 is 24.2 Å². The number of hydrogen-bond acceptors (Lipinski definition) is 5. The minimum absolute atomic E-state index is 0.122. The molecule has 1 rings (SSSR count). The molecular weight excluding hydrogens is 278 g/mol. The summed E-state index contributed by atoms with van der Waals surface area (Å²) in [6.45, 7) is 5.37. The molecule has 3 N–H and O–H groups in total. The third-order valence-electron chi connectivity index (χ3n) is 3.27. The van der Waals surface area contributed by atoms with Crippen LogP contribution in [0.4, 0.5) is 4.79 Å². The van der Waals surface area contributed by atoms with Crippen molar-refractivity contribution in [3.63, 3.8) is 0 Å². The molecule has 1 fully saturated rings. The van der Waals surface area contributed by atoms with Gasteiger partial charge in [0.1, 0.15) is 0 Å². The number of likely N-dealkylation sites (tertiary alicyclic amines) is 1. The van der Waals surface area contributed by atoms with Crippen LogP contribution in [0.25, 0.3) is 0 Å². The van der Waals surface area contributed by atoms with Crippen LogP contribution >= 0.6 is 0 Å². The molecule has 0 spiro atoms. The zero-order valence-corrected chi connectivity index (χ0v) is 12.4. The first-order chi connectivity index (χ1) is 9.92. The maximum absolute atomic E-state index is 11.4. The first-order valence-corrected chi connectivity index (χ1v) is 7.05. The highest BCUT2D eigenvalue weighted by molar-refractivity contribution is 5.72. The lowest BCUT2D eigenvalue weighted by atomic mass is 9.94. The fourth-order valence-corrected chi connectivity index (χ4v) is 2.39. The molecular formula is C13H23N3O5. The van der Waals surface area contributed by atoms with Crippen molar-refractivity contribution in [1.82, 2.24) is 15.5 Å². The number of alkyl carbamates (subject to hydrolysis) is 1. The quantitative estimate of drug-likeness (QED) is 0.618. The van der Waals surface area contributed by atoms with Crippen molar-refractivity contribution in [2.75, 3.05) is 32.8 Å². The monoisotopic (exact) mass is 301 g/mol. The SMILES string of the molecule is CCOC(=O)NC1CC(C(=O)O)CN(CCNC(C)=O)C1. The van der Waals surface area contributed by atoms with E-state index >= 15 is 0 Å². The van der Waals surface area contributed by atoms with Gasteiger partial charge in [-0.2, -0.15) is 0 Å². The number of hydrogen-bond donors (Lipinski definition) is 3. The van der Waals surface area contributed by atoms with Crippen LogP contribution in [0.3, 0.4) is 0 Å². The number of piperidine rings is 1. The molecule has 21 heavy (non-hydrogen) atoms. The Bertz CT molecular complexity index is 388. The number of carbonyl (C=O) groups is 3. The third kappa shape index (κ3) is 6.44. The van der Waals surface area contributed by atoms with Gasteiger partial charge in [-0.05, 0) is 13.3 Å². The minimum atomic E-state index is -0.880. The lowest BCUT2D eigenvalue weighted by Gasteiger charge is -2.36. The number of carbonyl (C=O) groups excluding carboxylic acids is 2. The second-order valence-corrected chi connectivity index (χ2v) is 5.08. The Labute approximate surface area is 123 Å². The first-order valence-electron chi connectivity index (χ1n) is 7.05. The van der Waals surface area contributed by atoms with Crippen LogP contribution in [0, 0.1) is 5.92 Å². The number of nitrogens with one attached hydrogen (secondary N) is 2. The molecule has 1 aliphatic rings. The van der Waals surface area contributed by atoms with Crippen LogP contribution in [-0.2, 0) is 14.3 Å². The maximum Gasteiger partial charge on any atom is 0.407 e. The summed E-state index contributed by atoms with van der Waals surface area (Å²) >= 11 is 0. The third-order valence-corrected chi connectivity index (χ3v) is 3.27. The van der Waals surface area contributed by atoms with Gasteiger partial charge in [0, 0.05) is 39.1 Å². The molecule has 1 heterocycles. The smallest absolute Gasteiger partial charge is 0.407 e. The van der Waals surface area contributed by atoms with Crippen molar-refractivity contribution in [2.45, 2.75) is 26.3 Å². The number of nitrogens with zero attached hydrogens (tertiary/aromatic N) is 1. The van der Waals surface area contributed by atoms with Gasteiger partial charge in [0.25, 0.3) is 0 Å². The van der Waals surface area contributed by atoms with Gasteiger partial charge in [0.15, 0.2) is 0 Å². The Morgan fingerprint density at radius 2 is 2.05 bits per heavy atom. The molecule has 2 amide bonds. The second-order valence-electron chi connectivity index (χ2n) is 5.08. The Morgan fingerprint density at radius 3 is 2.62 bits per heavy atom. The highest BCUT2D eigenvalue weighted by Crippen LogP contribution is 2.17. The summed E-state index contributed by atoms with van der Waals surface area (Å²) in [6, 6.07) is -0.267. The van der Waals surface area contributed by atoms with Crippen LogP contribution in [0.1, 0.15) is 20.3 Å². The lowest BCUT2D eigenvalue weighted by molar-refractivity contribution is -0.144. The zero-order chi connectivity index (χ0) is 15.8. The number of carboxylic acids is 1. The molecule has 0 aliphatic carbocycles. The molecule has 0 aromatic heterocycles. The second kappa shape index (κ2) is 8.46. The maximum atomic E-state index is 11.4. The molecule has 120 valence electrons. The molecule has 0 aromatic carbocycles. The highest BCUT2D eigenvalue weighted by Gasteiger charge is 2.32. The number of amides is 2. The molecule has 1 saturated heterocycles. The topological polar surface area (TPSA) is 108 Å². The van der Waals surface area contributed by atoms with Gasteiger partial charge in [-0.1, -0.05) is 0 Å². The van der Waals surface area contributed by atoms with E-state index in [-0.39, 0.29) is 18.6 Å². The largest absolute Gasteiger partial charge is 0.481 e. The number of carboxylic acid groups (broad SMARTS) is 1. The number of rotatable bonds is 6. The molecule has 1 aliphatic heterocycles. The Hall–Kier alpha value is -1.83. The van der Waals surface area contributed by atoms with Crippen LogP contribution in [0.5, 0.6) is 0 Å². The van der Waals surface area contributed by atoms with Crippen molar-refractivity contribution in [3.05, 3.63) is 0 Å². The van der Waals surface area contributed by atoms with E-state index in [2.05, 4.69) is 10.6 Å². The fraction of sp³-hybridized carbons (Fsp3) is 0.769. The van der Waals surface area contributed by atoms with Crippen molar-refractivity contribution in [2.24, 2.45) is 5.92 Å². The summed E-state index contributed by atoms with van der Waals surface area (Å²) in [5, 5.41) is 14.5. The van der Waals surface area contributed by atoms with Crippen molar-refractivity contribution >= 4 is 18.0 Å². The van der Waals surface area contributed by atoms with E-state index in [1.165, 1.54) is 6.92 Å². The Morgan fingerprint density at radius 1 is 1.33 bits per heavy atom. The van der Waals surface area contributed by atoms with E-state index in [4.69, 9.17) is 4.74 Å². The number of ether oxygens (including phenoxy) is 1. The molecule has 0 radical (unpaired) electrons. The first kappa shape index (κ1) is 17.2. The van der Waals surface area contributed by atoms with Crippen LogP contribution in [0.2, 0.25) is 0 Å². The van der Waals surface area contributed by atoms with Gasteiger partial charge < -0.3 is 20.5 Å². The molecule has 2 unspecified atom stereocenters. The van der Waals surface area contributed by atoms with Gasteiger partial charge in [0.05, 0.1) is 12.5 Å². The van der Waals surface area contributed by atoms with Crippen molar-refractivity contribution in [1.29, 1.82) is 0 Å². The minimum Gasteiger partial charge on any atom is -0.481 e. The highest BCUT2D eigenvalue weighted by atomic mass is 16.5. The van der Waals surface area contributed by atoms with Crippen LogP contribution < -0.4 is 10.6 Å². The molecule has 0 aromatic rings. The average molecular weight is 301 g/mol. The van der Waals surface area contributed by atoms with Crippen LogP contribution in [-0.4, -0.2) is 66.8 Å². The Kier molecular flexibility index (Phi) is 6.93. The van der Waals surface area contributed by atoms with E-state index in [0.717, 1.165) is 0 Å². The molecule has 8 heteroatoms. The molecule has 8 nitrogen and oxygen atoms in total. The molecule has 0 bridgehead atoms. The standard InChI is InChI=1S/C13H23N3O5/c1-3-21-13(20)15-11-6-10(12(18)19)7-16(8-11)5-4-14-9(2)17/h10-11H,3-8H2,1-2H3,(H,14,17)(H,15,20)(H,18,19). The zero-order valence-electron chi connectivity index (χ0n) is 12.4. The summed E-state index contributed by atoms with van der Waals surface area (Å²) in [6.07, 6.45) is -0.152. The lowest BCUT2D eigenvalue weighted by Crippen LogP contribution is -2.53. The summed E-state index contributed by atoms with van der Waals surface area (Å²) in [4.78, 5) is 35.4. The summed E-state index contributed by atoms with van der Waals surface area (Å²) in [7, 11) is 0.